The van der Waals surface area contributed by atoms with Crippen LogP contribution in [0.25, 0.3) is 0 Å². The van der Waals surface area contributed by atoms with E-state index in [0.717, 1.165) is 6.54 Å². The molecular weight excluding hydrogens is 256 g/mol. The lowest BCUT2D eigenvalue weighted by atomic mass is 9.76. The molecular formula is C19H32N2. The Bertz CT molecular complexity index is 447. The van der Waals surface area contributed by atoms with Crippen molar-refractivity contribution in [2.24, 2.45) is 11.3 Å². The summed E-state index contributed by atoms with van der Waals surface area (Å²) in [5, 5.41) is 3.82. The summed E-state index contributed by atoms with van der Waals surface area (Å²) in [6.07, 6.45) is 6.85. The minimum atomic E-state index is 0.373. The fourth-order valence-electron chi connectivity index (χ4n) is 3.29. The monoisotopic (exact) mass is 288 g/mol. The summed E-state index contributed by atoms with van der Waals surface area (Å²) < 4.78 is 0. The molecule has 1 aromatic rings. The molecule has 0 saturated carbocycles. The van der Waals surface area contributed by atoms with E-state index in [9.17, 15) is 0 Å². The molecule has 3 unspecified atom stereocenters. The molecule has 2 nitrogen and oxygen atoms in total. The highest BCUT2D eigenvalue weighted by atomic mass is 14.9. The van der Waals surface area contributed by atoms with E-state index in [1.54, 1.807) is 0 Å². The first-order chi connectivity index (χ1) is 9.93. The Morgan fingerprint density at radius 3 is 2.81 bits per heavy atom. The van der Waals surface area contributed by atoms with Crippen LogP contribution in [-0.2, 0) is 6.42 Å². The fourth-order valence-corrected chi connectivity index (χ4v) is 3.29. The van der Waals surface area contributed by atoms with Crippen LogP contribution in [0.1, 0.15) is 71.1 Å². The highest BCUT2D eigenvalue weighted by Crippen LogP contribution is 2.38. The lowest BCUT2D eigenvalue weighted by Gasteiger charge is -2.34. The third kappa shape index (κ3) is 4.06. The molecule has 2 rings (SSSR count). The Balaban J connectivity index is 2.13. The van der Waals surface area contributed by atoms with Gasteiger partial charge in [-0.05, 0) is 55.2 Å². The number of aromatic nitrogens is 1. The normalized spacial score (nSPS) is 21.1. The molecule has 0 fully saturated rings. The number of rotatable bonds is 6. The van der Waals surface area contributed by atoms with Crippen molar-refractivity contribution in [3.05, 3.63) is 29.6 Å². The lowest BCUT2D eigenvalue weighted by molar-refractivity contribution is 0.211. The van der Waals surface area contributed by atoms with Gasteiger partial charge in [-0.2, -0.15) is 0 Å². The molecule has 1 aromatic heterocycles. The summed E-state index contributed by atoms with van der Waals surface area (Å²) in [5.74, 6) is 1.30. The zero-order chi connectivity index (χ0) is 15.5. The van der Waals surface area contributed by atoms with E-state index in [4.69, 9.17) is 4.98 Å². The summed E-state index contributed by atoms with van der Waals surface area (Å²) in [6, 6.07) is 4.90. The van der Waals surface area contributed by atoms with Crippen molar-refractivity contribution in [1.82, 2.24) is 10.3 Å². The molecule has 0 bridgehead atoms. The van der Waals surface area contributed by atoms with Gasteiger partial charge in [0.1, 0.15) is 0 Å². The van der Waals surface area contributed by atoms with Crippen molar-refractivity contribution in [3.63, 3.8) is 0 Å². The summed E-state index contributed by atoms with van der Waals surface area (Å²) in [6.45, 7) is 12.8. The van der Waals surface area contributed by atoms with Gasteiger partial charge in [0.2, 0.25) is 0 Å². The van der Waals surface area contributed by atoms with Crippen molar-refractivity contribution < 1.29 is 0 Å². The van der Waals surface area contributed by atoms with Crippen molar-refractivity contribution in [1.29, 1.82) is 0 Å². The highest BCUT2D eigenvalue weighted by Gasteiger charge is 2.33. The van der Waals surface area contributed by atoms with Gasteiger partial charge >= 0.3 is 0 Å². The molecule has 0 radical (unpaired) electrons. The zero-order valence-electron chi connectivity index (χ0n) is 14.4. The standard InChI is InChI=1S/C19H32N2/c1-6-11-20-17(13-14(2)19(3,4)5)16-10-9-15-8-7-12-21-18(15)16/h7-8,12,14,16-17,20H,6,9-11,13H2,1-5H3. The Morgan fingerprint density at radius 1 is 1.38 bits per heavy atom. The first-order valence-corrected chi connectivity index (χ1v) is 8.60. The van der Waals surface area contributed by atoms with Crippen LogP contribution in [0.5, 0.6) is 0 Å². The van der Waals surface area contributed by atoms with Crippen LogP contribution in [0.15, 0.2) is 18.3 Å². The maximum absolute atomic E-state index is 4.70. The van der Waals surface area contributed by atoms with E-state index in [2.05, 4.69) is 52.1 Å². The third-order valence-electron chi connectivity index (χ3n) is 5.23. The summed E-state index contributed by atoms with van der Waals surface area (Å²) >= 11 is 0. The van der Waals surface area contributed by atoms with Gasteiger partial charge in [0.05, 0.1) is 0 Å². The molecule has 1 aliphatic rings. The smallest absolute Gasteiger partial charge is 0.0482 e. The molecule has 1 N–H and O–H groups in total. The van der Waals surface area contributed by atoms with Crippen LogP contribution in [0.2, 0.25) is 0 Å². The maximum Gasteiger partial charge on any atom is 0.0482 e. The number of aryl methyl sites for hydroxylation is 1. The van der Waals surface area contributed by atoms with Crippen molar-refractivity contribution in [3.8, 4) is 0 Å². The van der Waals surface area contributed by atoms with Crippen LogP contribution in [0.4, 0.5) is 0 Å². The van der Waals surface area contributed by atoms with E-state index in [1.165, 1.54) is 36.9 Å². The largest absolute Gasteiger partial charge is 0.313 e. The molecule has 1 heterocycles. The number of fused-ring (bicyclic) bond motifs is 1. The Kier molecular flexibility index (Phi) is 5.43. The molecule has 3 atom stereocenters. The number of nitrogens with zero attached hydrogens (tertiary/aromatic N) is 1. The van der Waals surface area contributed by atoms with Crippen molar-refractivity contribution >= 4 is 0 Å². The van der Waals surface area contributed by atoms with E-state index in [1.807, 2.05) is 6.20 Å². The zero-order valence-corrected chi connectivity index (χ0v) is 14.4. The van der Waals surface area contributed by atoms with Crippen molar-refractivity contribution in [2.75, 3.05) is 6.54 Å². The Morgan fingerprint density at radius 2 is 2.14 bits per heavy atom. The van der Waals surface area contributed by atoms with Gasteiger partial charge in [-0.3, -0.25) is 4.98 Å². The fraction of sp³-hybridized carbons (Fsp3) is 0.737. The van der Waals surface area contributed by atoms with Gasteiger partial charge in [-0.25, -0.2) is 0 Å². The van der Waals surface area contributed by atoms with Gasteiger partial charge in [0.15, 0.2) is 0 Å². The first kappa shape index (κ1) is 16.5. The molecule has 0 saturated heterocycles. The molecule has 21 heavy (non-hydrogen) atoms. The molecule has 2 heteroatoms. The summed E-state index contributed by atoms with van der Waals surface area (Å²) in [7, 11) is 0. The van der Waals surface area contributed by atoms with E-state index < -0.39 is 0 Å². The minimum absolute atomic E-state index is 0.373. The number of pyridine rings is 1. The molecule has 1 aliphatic carbocycles. The number of hydrogen-bond acceptors (Lipinski definition) is 2. The van der Waals surface area contributed by atoms with Gasteiger partial charge in [-0.15, -0.1) is 0 Å². The van der Waals surface area contributed by atoms with E-state index >= 15 is 0 Å². The number of nitrogens with one attached hydrogen (secondary N) is 1. The Labute approximate surface area is 130 Å². The molecule has 0 aliphatic heterocycles. The molecule has 0 amide bonds. The highest BCUT2D eigenvalue weighted by molar-refractivity contribution is 5.30. The second kappa shape index (κ2) is 6.91. The Hall–Kier alpha value is -0.890. The third-order valence-corrected chi connectivity index (χ3v) is 5.23. The van der Waals surface area contributed by atoms with Gasteiger partial charge in [0, 0.05) is 23.9 Å². The topological polar surface area (TPSA) is 24.9 Å². The van der Waals surface area contributed by atoms with Gasteiger partial charge < -0.3 is 5.32 Å². The first-order valence-electron chi connectivity index (χ1n) is 8.60. The quantitative estimate of drug-likeness (QED) is 0.830. The average Bonchev–Trinajstić information content (AvgIpc) is 2.86. The second-order valence-electron chi connectivity index (χ2n) is 7.76. The van der Waals surface area contributed by atoms with Gasteiger partial charge in [-0.1, -0.05) is 40.7 Å². The summed E-state index contributed by atoms with van der Waals surface area (Å²) in [4.78, 5) is 4.70. The van der Waals surface area contributed by atoms with E-state index in [0.29, 0.717) is 23.3 Å². The summed E-state index contributed by atoms with van der Waals surface area (Å²) in [5.41, 5.74) is 3.19. The molecule has 118 valence electrons. The van der Waals surface area contributed by atoms with Crippen LogP contribution in [0, 0.1) is 11.3 Å². The van der Waals surface area contributed by atoms with E-state index in [-0.39, 0.29) is 0 Å². The van der Waals surface area contributed by atoms with Gasteiger partial charge in [0.25, 0.3) is 0 Å². The van der Waals surface area contributed by atoms with Crippen LogP contribution in [-0.4, -0.2) is 17.6 Å². The lowest BCUT2D eigenvalue weighted by Crippen LogP contribution is -2.38. The maximum atomic E-state index is 4.70. The predicted molar refractivity (Wildman–Crippen MR) is 90.6 cm³/mol. The van der Waals surface area contributed by atoms with Crippen LogP contribution in [0.3, 0.4) is 0 Å². The van der Waals surface area contributed by atoms with Crippen molar-refractivity contribution in [2.45, 2.75) is 72.3 Å². The molecule has 0 spiro atoms. The van der Waals surface area contributed by atoms with Crippen LogP contribution >= 0.6 is 0 Å². The minimum Gasteiger partial charge on any atom is -0.313 e. The molecule has 0 aromatic carbocycles. The SMILES string of the molecule is CCCNC(CC(C)C(C)(C)C)C1CCc2cccnc21. The number of hydrogen-bond donors (Lipinski definition) is 1. The average molecular weight is 288 g/mol. The second-order valence-corrected chi connectivity index (χ2v) is 7.76. The predicted octanol–water partition coefficient (Wildman–Crippen LogP) is 4.55. The van der Waals surface area contributed by atoms with Crippen LogP contribution < -0.4 is 5.32 Å².